The van der Waals surface area contributed by atoms with Gasteiger partial charge in [0.15, 0.2) is 0 Å². The molecule has 0 saturated heterocycles. The lowest BCUT2D eigenvalue weighted by Gasteiger charge is -2.11. The highest BCUT2D eigenvalue weighted by molar-refractivity contribution is 5.97. The molecule has 2 amide bonds. The summed E-state index contributed by atoms with van der Waals surface area (Å²) in [5.74, 6) is -0.568. The molecule has 0 heterocycles. The Kier molecular flexibility index (Phi) is 5.30. The lowest BCUT2D eigenvalue weighted by Crippen LogP contribution is -2.23. The predicted octanol–water partition coefficient (Wildman–Crippen LogP) is 2.72. The van der Waals surface area contributed by atoms with Crippen molar-refractivity contribution >= 4 is 17.5 Å². The van der Waals surface area contributed by atoms with Gasteiger partial charge in [-0.05, 0) is 24.3 Å². The van der Waals surface area contributed by atoms with Gasteiger partial charge in [0.25, 0.3) is 5.91 Å². The van der Waals surface area contributed by atoms with Gasteiger partial charge < -0.3 is 15.4 Å². The number of ether oxygens (including phenoxy) is 1. The Bertz CT molecular complexity index is 732. The highest BCUT2D eigenvalue weighted by atomic mass is 19.1. The van der Waals surface area contributed by atoms with Gasteiger partial charge in [0.1, 0.15) is 11.6 Å². The summed E-state index contributed by atoms with van der Waals surface area (Å²) < 4.78 is 18.7. The molecule has 0 aliphatic rings. The zero-order valence-electron chi connectivity index (χ0n) is 12.9. The fraction of sp³-hybridized carbons (Fsp3) is 0.176. The van der Waals surface area contributed by atoms with Crippen molar-refractivity contribution in [3.63, 3.8) is 0 Å². The number of hydrogen-bond donors (Lipinski definition) is 2. The van der Waals surface area contributed by atoms with Gasteiger partial charge in [0, 0.05) is 24.6 Å². The van der Waals surface area contributed by atoms with E-state index in [1.165, 1.54) is 26.2 Å². The highest BCUT2D eigenvalue weighted by Gasteiger charge is 2.11. The second kappa shape index (κ2) is 7.40. The van der Waals surface area contributed by atoms with Crippen LogP contribution in [0.15, 0.2) is 42.5 Å². The first kappa shape index (κ1) is 16.5. The molecule has 2 rings (SSSR count). The Hall–Kier alpha value is -2.89. The average Bonchev–Trinajstić information content (AvgIpc) is 2.53. The third-order valence-corrected chi connectivity index (χ3v) is 3.17. The van der Waals surface area contributed by atoms with Crippen molar-refractivity contribution in [1.29, 1.82) is 0 Å². The molecular formula is C17H17FN2O3. The Balaban J connectivity index is 2.13. The number of carbonyl (C=O) groups is 2. The number of nitrogens with one attached hydrogen (secondary N) is 2. The second-order valence-electron chi connectivity index (χ2n) is 4.87. The third-order valence-electron chi connectivity index (χ3n) is 3.17. The molecule has 6 heteroatoms. The minimum atomic E-state index is -0.374. The van der Waals surface area contributed by atoms with E-state index in [2.05, 4.69) is 10.6 Å². The van der Waals surface area contributed by atoms with Crippen molar-refractivity contribution in [3.8, 4) is 5.75 Å². The number of anilines is 1. The number of methoxy groups -OCH3 is 1. The maximum Gasteiger partial charge on any atom is 0.251 e. The standard InChI is InChI=1S/C17H17FN2O3/c1-11(21)20-15-9-12(7-8-16(15)23-2)17(22)19-10-13-5-3-4-6-14(13)18/h3-9H,10H2,1-2H3,(H,19,22)(H,20,21). The topological polar surface area (TPSA) is 67.4 Å². The van der Waals surface area contributed by atoms with Crippen molar-refractivity contribution in [3.05, 3.63) is 59.4 Å². The van der Waals surface area contributed by atoms with E-state index in [1.54, 1.807) is 30.3 Å². The fourth-order valence-corrected chi connectivity index (χ4v) is 2.06. The van der Waals surface area contributed by atoms with Crippen molar-refractivity contribution < 1.29 is 18.7 Å². The Labute approximate surface area is 133 Å². The maximum atomic E-state index is 13.5. The molecule has 0 radical (unpaired) electrons. The first-order chi connectivity index (χ1) is 11.0. The molecule has 5 nitrogen and oxygen atoms in total. The number of amides is 2. The molecule has 0 atom stereocenters. The first-order valence-corrected chi connectivity index (χ1v) is 6.98. The summed E-state index contributed by atoms with van der Waals surface area (Å²) in [5.41, 5.74) is 1.14. The van der Waals surface area contributed by atoms with Crippen molar-refractivity contribution in [2.75, 3.05) is 12.4 Å². The van der Waals surface area contributed by atoms with Crippen LogP contribution in [-0.4, -0.2) is 18.9 Å². The van der Waals surface area contributed by atoms with Gasteiger partial charge in [-0.3, -0.25) is 9.59 Å². The molecule has 0 fully saturated rings. The summed E-state index contributed by atoms with van der Waals surface area (Å²) in [5, 5.41) is 5.24. The molecule has 0 bridgehead atoms. The fourth-order valence-electron chi connectivity index (χ4n) is 2.06. The van der Waals surface area contributed by atoms with E-state index in [4.69, 9.17) is 4.74 Å². The van der Waals surface area contributed by atoms with Crippen molar-refractivity contribution in [2.24, 2.45) is 0 Å². The van der Waals surface area contributed by atoms with E-state index < -0.39 is 0 Å². The zero-order valence-corrected chi connectivity index (χ0v) is 12.9. The molecule has 2 aromatic carbocycles. The van der Waals surface area contributed by atoms with Gasteiger partial charge in [0.2, 0.25) is 5.91 Å². The summed E-state index contributed by atoms with van der Waals surface area (Å²) in [6, 6.07) is 10.9. The predicted molar refractivity (Wildman–Crippen MR) is 84.9 cm³/mol. The summed E-state index contributed by atoms with van der Waals surface area (Å²) in [6.07, 6.45) is 0. The van der Waals surface area contributed by atoms with Crippen LogP contribution < -0.4 is 15.4 Å². The Morgan fingerprint density at radius 2 is 1.91 bits per heavy atom. The van der Waals surface area contributed by atoms with E-state index in [9.17, 15) is 14.0 Å². The second-order valence-corrected chi connectivity index (χ2v) is 4.87. The van der Waals surface area contributed by atoms with Crippen LogP contribution in [0.4, 0.5) is 10.1 Å². The molecule has 0 aliphatic heterocycles. The monoisotopic (exact) mass is 316 g/mol. The number of rotatable bonds is 5. The van der Waals surface area contributed by atoms with Crippen LogP contribution in [0.25, 0.3) is 0 Å². The molecule has 23 heavy (non-hydrogen) atoms. The van der Waals surface area contributed by atoms with Crippen molar-refractivity contribution in [1.82, 2.24) is 5.32 Å². The van der Waals surface area contributed by atoms with Gasteiger partial charge in [0.05, 0.1) is 12.8 Å². The van der Waals surface area contributed by atoms with Crippen molar-refractivity contribution in [2.45, 2.75) is 13.5 Å². The molecule has 120 valence electrons. The van der Waals surface area contributed by atoms with Gasteiger partial charge in [-0.1, -0.05) is 18.2 Å². The van der Waals surface area contributed by atoms with Crippen LogP contribution >= 0.6 is 0 Å². The highest BCUT2D eigenvalue weighted by Crippen LogP contribution is 2.25. The first-order valence-electron chi connectivity index (χ1n) is 6.98. The number of benzene rings is 2. The van der Waals surface area contributed by atoms with Crippen LogP contribution in [0.5, 0.6) is 5.75 Å². The summed E-state index contributed by atoms with van der Waals surface area (Å²) in [6.45, 7) is 1.44. The van der Waals surface area contributed by atoms with E-state index in [-0.39, 0.29) is 24.2 Å². The van der Waals surface area contributed by atoms with Crippen LogP contribution in [-0.2, 0) is 11.3 Å². The summed E-state index contributed by atoms with van der Waals surface area (Å²) in [7, 11) is 1.47. The van der Waals surface area contributed by atoms with Gasteiger partial charge >= 0.3 is 0 Å². The average molecular weight is 316 g/mol. The largest absolute Gasteiger partial charge is 0.495 e. The van der Waals surface area contributed by atoms with E-state index in [0.717, 1.165) is 0 Å². The Morgan fingerprint density at radius 3 is 2.57 bits per heavy atom. The van der Waals surface area contributed by atoms with E-state index in [0.29, 0.717) is 22.6 Å². The molecule has 2 aromatic rings. The SMILES string of the molecule is COc1ccc(C(=O)NCc2ccccc2F)cc1NC(C)=O. The third kappa shape index (κ3) is 4.29. The molecule has 2 N–H and O–H groups in total. The number of halogens is 1. The minimum absolute atomic E-state index is 0.0764. The lowest BCUT2D eigenvalue weighted by atomic mass is 10.1. The van der Waals surface area contributed by atoms with Crippen LogP contribution in [0.1, 0.15) is 22.8 Å². The van der Waals surface area contributed by atoms with Gasteiger partial charge in [-0.25, -0.2) is 4.39 Å². The molecule has 0 aliphatic carbocycles. The number of hydrogen-bond acceptors (Lipinski definition) is 3. The molecule has 0 unspecified atom stereocenters. The summed E-state index contributed by atoms with van der Waals surface area (Å²) >= 11 is 0. The molecular weight excluding hydrogens is 299 g/mol. The normalized spacial score (nSPS) is 10.0. The van der Waals surface area contributed by atoms with E-state index in [1.807, 2.05) is 0 Å². The maximum absolute atomic E-state index is 13.5. The summed E-state index contributed by atoms with van der Waals surface area (Å²) in [4.78, 5) is 23.4. The molecule has 0 aromatic heterocycles. The van der Waals surface area contributed by atoms with Crippen LogP contribution in [0.2, 0.25) is 0 Å². The van der Waals surface area contributed by atoms with Crippen LogP contribution in [0, 0.1) is 5.82 Å². The molecule has 0 spiro atoms. The van der Waals surface area contributed by atoms with Crippen LogP contribution in [0.3, 0.4) is 0 Å². The Morgan fingerprint density at radius 1 is 1.17 bits per heavy atom. The lowest BCUT2D eigenvalue weighted by molar-refractivity contribution is -0.114. The quantitative estimate of drug-likeness (QED) is 0.891. The smallest absolute Gasteiger partial charge is 0.251 e. The van der Waals surface area contributed by atoms with E-state index >= 15 is 0 Å². The van der Waals surface area contributed by atoms with Gasteiger partial charge in [-0.2, -0.15) is 0 Å². The number of carbonyl (C=O) groups excluding carboxylic acids is 2. The van der Waals surface area contributed by atoms with Gasteiger partial charge in [-0.15, -0.1) is 0 Å². The minimum Gasteiger partial charge on any atom is -0.495 e. The molecule has 0 saturated carbocycles. The zero-order chi connectivity index (χ0) is 16.8.